The molecule has 12 heteroatoms. The number of hydrogen-bond acceptors (Lipinski definition) is 8. The predicted octanol–water partition coefficient (Wildman–Crippen LogP) is 4.66. The Labute approximate surface area is 250 Å². The molecule has 0 bridgehead atoms. The van der Waals surface area contributed by atoms with E-state index in [1.165, 1.54) is 33.2 Å². The summed E-state index contributed by atoms with van der Waals surface area (Å²) in [6.07, 6.45) is 0. The van der Waals surface area contributed by atoms with Gasteiger partial charge in [0.15, 0.2) is 11.5 Å². The highest BCUT2D eigenvalue weighted by Gasteiger charge is 2.32. The second kappa shape index (κ2) is 12.4. The van der Waals surface area contributed by atoms with Crippen molar-refractivity contribution < 1.29 is 23.5 Å². The molecule has 0 fully saturated rings. The normalized spacial score (nSPS) is 12.6. The number of carbonyl (C=O) groups excluding carboxylic acids is 2. The average Bonchev–Trinajstić information content (AvgIpc) is 3.79. The highest BCUT2D eigenvalue weighted by molar-refractivity contribution is 7.13. The standard InChI is InChI=1S/C31H27FN6O4S/c1-20-4-9-23(10-5-20)29(31(40)33-16-21-6-11-24(32)12-7-21)37(17-22-8-13-25-26(15-22)42-19-41-25)28(39)18-38-35-30(34-36-38)27-3-2-14-43-27/h2-15,29H,16-19H2,1H3,(H,33,40)/t29-/m1/s1. The maximum atomic E-state index is 14.1. The number of fused-ring (bicyclic) bond motifs is 1. The fourth-order valence-corrected chi connectivity index (χ4v) is 5.34. The van der Waals surface area contributed by atoms with Crippen molar-refractivity contribution >= 4 is 23.2 Å². The first kappa shape index (κ1) is 28.0. The van der Waals surface area contributed by atoms with Crippen molar-refractivity contribution in [1.29, 1.82) is 0 Å². The Morgan fingerprint density at radius 1 is 1.02 bits per heavy atom. The van der Waals surface area contributed by atoms with Crippen LogP contribution in [0, 0.1) is 12.7 Å². The molecule has 5 aromatic rings. The second-order valence-electron chi connectivity index (χ2n) is 9.99. The third-order valence-electron chi connectivity index (χ3n) is 6.91. The first-order chi connectivity index (χ1) is 20.9. The van der Waals surface area contributed by atoms with E-state index in [4.69, 9.17) is 9.47 Å². The summed E-state index contributed by atoms with van der Waals surface area (Å²) in [6, 6.07) is 21.5. The van der Waals surface area contributed by atoms with E-state index >= 15 is 0 Å². The van der Waals surface area contributed by atoms with Crippen LogP contribution in [0.3, 0.4) is 0 Å². The number of ether oxygens (including phenoxy) is 2. The molecule has 1 aliphatic heterocycles. The van der Waals surface area contributed by atoms with Crippen LogP contribution in [-0.4, -0.2) is 43.7 Å². The SMILES string of the molecule is Cc1ccc([C@H](C(=O)NCc2ccc(F)cc2)N(Cc2ccc3c(c2)OCO3)C(=O)Cn2nnc(-c3cccs3)n2)cc1. The number of nitrogens with zero attached hydrogens (tertiary/aromatic N) is 5. The highest BCUT2D eigenvalue weighted by Crippen LogP contribution is 2.34. The van der Waals surface area contributed by atoms with Gasteiger partial charge in [-0.3, -0.25) is 9.59 Å². The molecule has 1 aliphatic rings. The fraction of sp³-hybridized carbons (Fsp3) is 0.194. The molecule has 1 atom stereocenters. The number of thiophene rings is 1. The molecule has 1 N–H and O–H groups in total. The summed E-state index contributed by atoms with van der Waals surface area (Å²) >= 11 is 1.47. The Kier molecular flexibility index (Phi) is 8.09. The van der Waals surface area contributed by atoms with Gasteiger partial charge in [0.1, 0.15) is 18.4 Å². The molecule has 2 amide bonds. The van der Waals surface area contributed by atoms with E-state index in [9.17, 15) is 14.0 Å². The van der Waals surface area contributed by atoms with E-state index in [0.717, 1.165) is 21.6 Å². The number of halogens is 1. The number of aryl methyl sites for hydroxylation is 1. The van der Waals surface area contributed by atoms with E-state index in [1.54, 1.807) is 24.3 Å². The van der Waals surface area contributed by atoms with Crippen molar-refractivity contribution in [2.45, 2.75) is 32.6 Å². The number of carbonyl (C=O) groups is 2. The van der Waals surface area contributed by atoms with Gasteiger partial charge in [-0.25, -0.2) is 4.39 Å². The number of hydrogen-bond donors (Lipinski definition) is 1. The van der Waals surface area contributed by atoms with Crippen LogP contribution in [0.5, 0.6) is 11.5 Å². The fourth-order valence-electron chi connectivity index (χ4n) is 4.70. The lowest BCUT2D eigenvalue weighted by Gasteiger charge is -2.31. The zero-order valence-corrected chi connectivity index (χ0v) is 24.0. The Morgan fingerprint density at radius 2 is 1.79 bits per heavy atom. The number of amides is 2. The molecule has 3 aromatic carbocycles. The van der Waals surface area contributed by atoms with Crippen LogP contribution in [0.1, 0.15) is 28.3 Å². The molecule has 0 saturated heterocycles. The number of rotatable bonds is 10. The molecule has 218 valence electrons. The monoisotopic (exact) mass is 598 g/mol. The molecule has 10 nitrogen and oxygen atoms in total. The van der Waals surface area contributed by atoms with Crippen molar-refractivity contribution in [3.63, 3.8) is 0 Å². The topological polar surface area (TPSA) is 111 Å². The second-order valence-corrected chi connectivity index (χ2v) is 10.9. The lowest BCUT2D eigenvalue weighted by Crippen LogP contribution is -2.44. The van der Waals surface area contributed by atoms with Crippen LogP contribution in [-0.2, 0) is 29.2 Å². The van der Waals surface area contributed by atoms with Crippen LogP contribution in [0.2, 0.25) is 0 Å². The van der Waals surface area contributed by atoms with E-state index in [2.05, 4.69) is 20.7 Å². The zero-order chi connectivity index (χ0) is 29.8. The molecule has 0 unspecified atom stereocenters. The minimum atomic E-state index is -1.00. The van der Waals surface area contributed by atoms with E-state index in [-0.39, 0.29) is 32.2 Å². The number of aromatic nitrogens is 4. The third kappa shape index (κ3) is 6.54. The van der Waals surface area contributed by atoms with Gasteiger partial charge in [-0.15, -0.1) is 21.5 Å². The Bertz CT molecular complexity index is 1720. The zero-order valence-electron chi connectivity index (χ0n) is 23.1. The van der Waals surface area contributed by atoms with Gasteiger partial charge in [-0.1, -0.05) is 54.1 Å². The van der Waals surface area contributed by atoms with Crippen LogP contribution >= 0.6 is 11.3 Å². The summed E-state index contributed by atoms with van der Waals surface area (Å²) in [5.41, 5.74) is 3.10. The van der Waals surface area contributed by atoms with Crippen LogP contribution < -0.4 is 14.8 Å². The summed E-state index contributed by atoms with van der Waals surface area (Å²) in [5.74, 6) is 0.440. The van der Waals surface area contributed by atoms with Crippen molar-refractivity contribution in [1.82, 2.24) is 30.4 Å². The van der Waals surface area contributed by atoms with Gasteiger partial charge < -0.3 is 19.7 Å². The molecular formula is C31H27FN6O4S. The summed E-state index contributed by atoms with van der Waals surface area (Å²) in [4.78, 5) is 31.6. The largest absolute Gasteiger partial charge is 0.454 e. The maximum Gasteiger partial charge on any atom is 0.247 e. The van der Waals surface area contributed by atoms with Crippen molar-refractivity contribution in [2.75, 3.05) is 6.79 Å². The van der Waals surface area contributed by atoms with Gasteiger partial charge >= 0.3 is 0 Å². The van der Waals surface area contributed by atoms with Gasteiger partial charge in [0, 0.05) is 13.1 Å². The summed E-state index contributed by atoms with van der Waals surface area (Å²) in [6.45, 7) is 2.07. The van der Waals surface area contributed by atoms with Crippen molar-refractivity contribution in [3.8, 4) is 22.2 Å². The maximum absolute atomic E-state index is 14.1. The molecule has 0 aliphatic carbocycles. The number of tetrazole rings is 1. The smallest absolute Gasteiger partial charge is 0.247 e. The van der Waals surface area contributed by atoms with Gasteiger partial charge in [-0.2, -0.15) is 4.80 Å². The summed E-state index contributed by atoms with van der Waals surface area (Å²) in [5, 5.41) is 17.4. The molecule has 3 heterocycles. The predicted molar refractivity (Wildman–Crippen MR) is 156 cm³/mol. The Hall–Kier alpha value is -5.10. The van der Waals surface area contributed by atoms with Crippen molar-refractivity contribution in [3.05, 3.63) is 112 Å². The molecule has 2 aromatic heterocycles. The molecule has 0 spiro atoms. The van der Waals surface area contributed by atoms with E-state index in [1.807, 2.05) is 54.8 Å². The van der Waals surface area contributed by atoms with Gasteiger partial charge in [0.05, 0.1) is 4.88 Å². The number of nitrogens with one attached hydrogen (secondary N) is 1. The molecular weight excluding hydrogens is 571 g/mol. The highest BCUT2D eigenvalue weighted by atomic mass is 32.1. The third-order valence-corrected chi connectivity index (χ3v) is 7.78. The minimum Gasteiger partial charge on any atom is -0.454 e. The average molecular weight is 599 g/mol. The van der Waals surface area contributed by atoms with E-state index in [0.29, 0.717) is 22.9 Å². The van der Waals surface area contributed by atoms with Crippen LogP contribution in [0.25, 0.3) is 10.7 Å². The lowest BCUT2D eigenvalue weighted by molar-refractivity contribution is -0.142. The Balaban J connectivity index is 1.33. The molecule has 6 rings (SSSR count). The van der Waals surface area contributed by atoms with Crippen LogP contribution in [0.4, 0.5) is 4.39 Å². The van der Waals surface area contributed by atoms with Gasteiger partial charge in [-0.05, 0) is 64.5 Å². The quantitative estimate of drug-likeness (QED) is 0.249. The molecule has 0 saturated carbocycles. The van der Waals surface area contributed by atoms with Gasteiger partial charge in [0.2, 0.25) is 24.4 Å². The molecule has 43 heavy (non-hydrogen) atoms. The lowest BCUT2D eigenvalue weighted by atomic mass is 10.0. The van der Waals surface area contributed by atoms with Crippen LogP contribution in [0.15, 0.2) is 84.2 Å². The number of benzene rings is 3. The summed E-state index contributed by atoms with van der Waals surface area (Å²) in [7, 11) is 0. The van der Waals surface area contributed by atoms with Crippen molar-refractivity contribution in [2.24, 2.45) is 0 Å². The van der Waals surface area contributed by atoms with Gasteiger partial charge in [0.25, 0.3) is 0 Å². The summed E-state index contributed by atoms with van der Waals surface area (Å²) < 4.78 is 24.5. The first-order valence-corrected chi connectivity index (χ1v) is 14.4. The first-order valence-electron chi connectivity index (χ1n) is 13.5. The minimum absolute atomic E-state index is 0.0878. The molecule has 0 radical (unpaired) electrons. The van der Waals surface area contributed by atoms with E-state index < -0.39 is 17.9 Å². The Morgan fingerprint density at radius 3 is 2.56 bits per heavy atom.